The van der Waals surface area contributed by atoms with E-state index in [1.54, 1.807) is 6.26 Å². The molecule has 0 bridgehead atoms. The molecule has 1 fully saturated rings. The van der Waals surface area contributed by atoms with E-state index in [2.05, 4.69) is 0 Å². The van der Waals surface area contributed by atoms with Crippen LogP contribution in [0, 0.1) is 13.8 Å². The summed E-state index contributed by atoms with van der Waals surface area (Å²) in [5, 5.41) is 0.940. The van der Waals surface area contributed by atoms with Gasteiger partial charge in [0.25, 0.3) is 0 Å². The monoisotopic (exact) mass is 300 g/mol. The lowest BCUT2D eigenvalue weighted by molar-refractivity contribution is -0.156. The predicted molar refractivity (Wildman–Crippen MR) is 82.7 cm³/mol. The third kappa shape index (κ3) is 2.91. The Hall–Kier alpha value is -2.10. The number of rotatable bonds is 3. The van der Waals surface area contributed by atoms with Crippen molar-refractivity contribution in [1.29, 1.82) is 0 Å². The van der Waals surface area contributed by atoms with Crippen molar-refractivity contribution in [3.63, 3.8) is 0 Å². The molecule has 0 radical (unpaired) electrons. The molecule has 1 atom stereocenters. The van der Waals surface area contributed by atoms with Crippen LogP contribution in [0.25, 0.3) is 11.0 Å². The van der Waals surface area contributed by atoms with Crippen molar-refractivity contribution in [2.24, 2.45) is 0 Å². The smallest absolute Gasteiger partial charge is 0.311 e. The normalized spacial score (nSPS) is 18.6. The van der Waals surface area contributed by atoms with E-state index >= 15 is 0 Å². The first kappa shape index (κ1) is 14.8. The topological polar surface area (TPSA) is 56.5 Å². The second-order valence-electron chi connectivity index (χ2n) is 6.06. The molecule has 116 valence electrons. The van der Waals surface area contributed by atoms with E-state index in [1.165, 1.54) is 0 Å². The average molecular weight is 300 g/mol. The first-order valence-corrected chi connectivity index (χ1v) is 7.74. The van der Waals surface area contributed by atoms with E-state index in [9.17, 15) is 9.59 Å². The van der Waals surface area contributed by atoms with Gasteiger partial charge in [0.05, 0.1) is 12.7 Å². The molecule has 1 aromatic heterocycles. The van der Waals surface area contributed by atoms with Crippen LogP contribution in [0.5, 0.6) is 0 Å². The van der Waals surface area contributed by atoms with Crippen molar-refractivity contribution in [3.05, 3.63) is 35.1 Å². The molecule has 1 aliphatic rings. The Kier molecular flexibility index (Phi) is 4.01. The van der Waals surface area contributed by atoms with Gasteiger partial charge in [0.15, 0.2) is 11.9 Å². The Morgan fingerprint density at radius 1 is 1.27 bits per heavy atom. The van der Waals surface area contributed by atoms with Gasteiger partial charge in [0.2, 0.25) is 0 Å². The molecule has 1 aliphatic carbocycles. The highest BCUT2D eigenvalue weighted by atomic mass is 16.5. The third-order valence-corrected chi connectivity index (χ3v) is 4.38. The van der Waals surface area contributed by atoms with Crippen molar-refractivity contribution in [3.8, 4) is 0 Å². The lowest BCUT2D eigenvalue weighted by Gasteiger charge is -2.20. The van der Waals surface area contributed by atoms with Gasteiger partial charge >= 0.3 is 5.97 Å². The minimum Gasteiger partial charge on any atom is -0.464 e. The Morgan fingerprint density at radius 3 is 2.82 bits per heavy atom. The van der Waals surface area contributed by atoms with Gasteiger partial charge in [0, 0.05) is 17.4 Å². The van der Waals surface area contributed by atoms with Gasteiger partial charge in [-0.25, -0.2) is 0 Å². The van der Waals surface area contributed by atoms with Gasteiger partial charge < -0.3 is 9.15 Å². The fourth-order valence-electron chi connectivity index (χ4n) is 2.90. The van der Waals surface area contributed by atoms with Crippen LogP contribution in [-0.2, 0) is 20.7 Å². The van der Waals surface area contributed by atoms with Crippen LogP contribution in [0.1, 0.15) is 42.4 Å². The number of ether oxygens (including phenoxy) is 1. The van der Waals surface area contributed by atoms with E-state index in [0.29, 0.717) is 12.8 Å². The Balaban J connectivity index is 1.74. The van der Waals surface area contributed by atoms with E-state index in [4.69, 9.17) is 9.15 Å². The molecule has 0 saturated heterocycles. The summed E-state index contributed by atoms with van der Waals surface area (Å²) in [5.74, 6) is -0.315. The van der Waals surface area contributed by atoms with Crippen molar-refractivity contribution in [2.45, 2.75) is 52.1 Å². The first-order valence-electron chi connectivity index (χ1n) is 7.74. The molecule has 2 aromatic rings. The van der Waals surface area contributed by atoms with Gasteiger partial charge in [-0.2, -0.15) is 0 Å². The molecule has 4 nitrogen and oxygen atoms in total. The number of ketones is 1. The zero-order valence-electron chi connectivity index (χ0n) is 13.0. The molecular weight excluding hydrogens is 280 g/mol. The van der Waals surface area contributed by atoms with E-state index in [0.717, 1.165) is 40.5 Å². The zero-order chi connectivity index (χ0) is 15.7. The molecule has 1 aromatic carbocycles. The van der Waals surface area contributed by atoms with E-state index < -0.39 is 6.10 Å². The number of hydrogen-bond donors (Lipinski definition) is 0. The largest absolute Gasteiger partial charge is 0.464 e. The molecule has 1 heterocycles. The lowest BCUT2D eigenvalue weighted by atomic mass is 9.96. The number of aryl methyl sites for hydroxylation is 2. The summed E-state index contributed by atoms with van der Waals surface area (Å²) in [4.78, 5) is 23.8. The van der Waals surface area contributed by atoms with Gasteiger partial charge in [-0.3, -0.25) is 9.59 Å². The van der Waals surface area contributed by atoms with Crippen LogP contribution in [0.15, 0.2) is 22.8 Å². The molecule has 0 aliphatic heterocycles. The average Bonchev–Trinajstić information content (AvgIpc) is 2.84. The molecule has 1 saturated carbocycles. The fourth-order valence-corrected chi connectivity index (χ4v) is 2.90. The van der Waals surface area contributed by atoms with E-state index in [1.807, 2.05) is 26.0 Å². The Morgan fingerprint density at radius 2 is 2.05 bits per heavy atom. The highest BCUT2D eigenvalue weighted by molar-refractivity contribution is 5.89. The molecule has 22 heavy (non-hydrogen) atoms. The van der Waals surface area contributed by atoms with Crippen LogP contribution in [0.4, 0.5) is 0 Å². The van der Waals surface area contributed by atoms with Crippen LogP contribution in [0.2, 0.25) is 0 Å². The van der Waals surface area contributed by atoms with Crippen molar-refractivity contribution in [2.75, 3.05) is 0 Å². The number of hydrogen-bond acceptors (Lipinski definition) is 4. The number of carbonyl (C=O) groups is 2. The summed E-state index contributed by atoms with van der Waals surface area (Å²) in [5.41, 5.74) is 3.90. The maximum Gasteiger partial charge on any atom is 0.311 e. The second-order valence-corrected chi connectivity index (χ2v) is 6.06. The first-order chi connectivity index (χ1) is 10.5. The summed E-state index contributed by atoms with van der Waals surface area (Å²) in [6.07, 6.45) is 4.20. The van der Waals surface area contributed by atoms with Crippen LogP contribution >= 0.6 is 0 Å². The minimum absolute atomic E-state index is 0.0446. The maximum absolute atomic E-state index is 12.1. The van der Waals surface area contributed by atoms with Crippen LogP contribution in [0.3, 0.4) is 0 Å². The Bertz CT molecular complexity index is 726. The molecule has 0 amide bonds. The highest BCUT2D eigenvalue weighted by Gasteiger charge is 2.26. The summed E-state index contributed by atoms with van der Waals surface area (Å²) in [6.45, 7) is 4.06. The third-order valence-electron chi connectivity index (χ3n) is 4.38. The summed E-state index contributed by atoms with van der Waals surface area (Å²) >= 11 is 0. The molecule has 0 unspecified atom stereocenters. The minimum atomic E-state index is -0.552. The molecule has 0 N–H and O–H groups in total. The Labute approximate surface area is 129 Å². The van der Waals surface area contributed by atoms with Crippen molar-refractivity contribution >= 4 is 22.7 Å². The quantitative estimate of drug-likeness (QED) is 0.812. The van der Waals surface area contributed by atoms with Crippen LogP contribution in [-0.4, -0.2) is 17.9 Å². The van der Waals surface area contributed by atoms with Gasteiger partial charge in [0.1, 0.15) is 5.58 Å². The van der Waals surface area contributed by atoms with Crippen molar-refractivity contribution < 1.29 is 18.7 Å². The SMILES string of the molecule is Cc1cc2occ(CC(=O)O[C@@H]3CCCCC3=O)c2cc1C. The number of fused-ring (bicyclic) bond motifs is 1. The summed E-state index contributed by atoms with van der Waals surface area (Å²) < 4.78 is 10.9. The van der Waals surface area contributed by atoms with Crippen LogP contribution < -0.4 is 0 Å². The summed E-state index contributed by atoms with van der Waals surface area (Å²) in [6, 6.07) is 4.01. The second kappa shape index (κ2) is 5.95. The van der Waals surface area contributed by atoms with Gasteiger partial charge in [-0.15, -0.1) is 0 Å². The highest BCUT2D eigenvalue weighted by Crippen LogP contribution is 2.26. The van der Waals surface area contributed by atoms with Crippen molar-refractivity contribution in [1.82, 2.24) is 0 Å². The van der Waals surface area contributed by atoms with Gasteiger partial charge in [-0.05, 0) is 56.4 Å². The number of benzene rings is 1. The molecule has 3 rings (SSSR count). The number of carbonyl (C=O) groups excluding carboxylic acids is 2. The molecular formula is C18H20O4. The standard InChI is InChI=1S/C18H20O4/c1-11-7-14-13(10-21-17(14)8-12(11)2)9-18(20)22-16-6-4-3-5-15(16)19/h7-8,10,16H,3-6,9H2,1-2H3/t16-/m1/s1. The summed E-state index contributed by atoms with van der Waals surface area (Å²) in [7, 11) is 0. The fraction of sp³-hybridized carbons (Fsp3) is 0.444. The zero-order valence-corrected chi connectivity index (χ0v) is 13.0. The number of esters is 1. The predicted octanol–water partition coefficient (Wildman–Crippen LogP) is 3.65. The molecule has 0 spiro atoms. The lowest BCUT2D eigenvalue weighted by Crippen LogP contribution is -2.30. The number of Topliss-reactive ketones (excluding diaryl/α,β-unsaturated/α-hetero) is 1. The van der Waals surface area contributed by atoms with E-state index in [-0.39, 0.29) is 18.2 Å². The van der Waals surface area contributed by atoms with Gasteiger partial charge in [-0.1, -0.05) is 0 Å². The maximum atomic E-state index is 12.1. The molecule has 4 heteroatoms. The number of furan rings is 1.